The number of allylic oxidation sites excluding steroid dienone is 1. The van der Waals surface area contributed by atoms with Crippen LogP contribution in [0.5, 0.6) is 17.4 Å². The van der Waals surface area contributed by atoms with Crippen molar-refractivity contribution in [3.8, 4) is 34.7 Å². The lowest BCUT2D eigenvalue weighted by atomic mass is 9.82. The molecule has 1 unspecified atom stereocenters. The number of nitrogens with one attached hydrogen (secondary N) is 1. The van der Waals surface area contributed by atoms with E-state index in [4.69, 9.17) is 43.1 Å². The zero-order valence-corrected chi connectivity index (χ0v) is 17.5. The summed E-state index contributed by atoms with van der Waals surface area (Å²) in [6.07, 6.45) is 0. The van der Waals surface area contributed by atoms with Gasteiger partial charge in [-0.25, -0.2) is 0 Å². The first kappa shape index (κ1) is 20.0. The number of halogens is 2. The molecule has 0 saturated heterocycles. The minimum absolute atomic E-state index is 0.0408. The highest BCUT2D eigenvalue weighted by molar-refractivity contribution is 6.35. The van der Waals surface area contributed by atoms with Crippen molar-refractivity contribution in [3.63, 3.8) is 0 Å². The van der Waals surface area contributed by atoms with Crippen LogP contribution >= 0.6 is 23.2 Å². The second-order valence-corrected chi connectivity index (χ2v) is 7.32. The fraction of sp³-hybridized carbons (Fsp3) is 0.143. The normalized spacial score (nSPS) is 15.2. The monoisotopic (exact) mass is 442 g/mol. The van der Waals surface area contributed by atoms with E-state index in [0.29, 0.717) is 38.4 Å². The van der Waals surface area contributed by atoms with Crippen LogP contribution in [-0.2, 0) is 0 Å². The average Bonchev–Trinajstić information content (AvgIpc) is 3.15. The van der Waals surface area contributed by atoms with Gasteiger partial charge in [0.2, 0.25) is 11.8 Å². The van der Waals surface area contributed by atoms with Crippen LogP contribution in [0.25, 0.3) is 11.3 Å². The molecule has 9 heteroatoms. The van der Waals surface area contributed by atoms with E-state index in [9.17, 15) is 5.26 Å². The SMILES string of the molecule is COc1ccc(-c2[nH]nc3c2C(c2cc(Cl)cc(Cl)c2OC)C(C#N)=C(N)O3)cc1. The van der Waals surface area contributed by atoms with Crippen LogP contribution in [0.1, 0.15) is 17.0 Å². The molecule has 0 saturated carbocycles. The van der Waals surface area contributed by atoms with E-state index >= 15 is 0 Å². The van der Waals surface area contributed by atoms with Crippen LogP contribution in [0.2, 0.25) is 10.0 Å². The van der Waals surface area contributed by atoms with Gasteiger partial charge in [0.1, 0.15) is 23.1 Å². The minimum atomic E-state index is -0.652. The number of benzene rings is 2. The summed E-state index contributed by atoms with van der Waals surface area (Å²) in [5, 5.41) is 17.8. The van der Waals surface area contributed by atoms with Crippen molar-refractivity contribution >= 4 is 23.2 Å². The van der Waals surface area contributed by atoms with Crippen LogP contribution in [-0.4, -0.2) is 24.4 Å². The third-order valence-electron chi connectivity index (χ3n) is 4.87. The Bertz CT molecular complexity index is 1200. The largest absolute Gasteiger partial charge is 0.497 e. The van der Waals surface area contributed by atoms with Crippen molar-refractivity contribution in [2.24, 2.45) is 5.73 Å². The zero-order chi connectivity index (χ0) is 21.4. The van der Waals surface area contributed by atoms with Gasteiger partial charge in [-0.3, -0.25) is 5.10 Å². The predicted molar refractivity (Wildman–Crippen MR) is 113 cm³/mol. The fourth-order valence-corrected chi connectivity index (χ4v) is 4.13. The molecule has 0 aliphatic carbocycles. The summed E-state index contributed by atoms with van der Waals surface area (Å²) in [7, 11) is 3.09. The molecule has 1 aliphatic rings. The molecule has 1 aliphatic heterocycles. The van der Waals surface area contributed by atoms with E-state index < -0.39 is 5.92 Å². The number of ether oxygens (including phenoxy) is 3. The number of nitrogens with zero attached hydrogens (tertiary/aromatic N) is 2. The third kappa shape index (κ3) is 3.20. The number of hydrogen-bond donors (Lipinski definition) is 2. The topological polar surface area (TPSA) is 106 Å². The molecule has 0 spiro atoms. The van der Waals surface area contributed by atoms with E-state index in [1.807, 2.05) is 24.3 Å². The van der Waals surface area contributed by atoms with Crippen LogP contribution in [0.4, 0.5) is 0 Å². The summed E-state index contributed by atoms with van der Waals surface area (Å²) >= 11 is 12.6. The number of aromatic nitrogens is 2. The number of fused-ring (bicyclic) bond motifs is 1. The molecule has 3 N–H and O–H groups in total. The van der Waals surface area contributed by atoms with Gasteiger partial charge in [0.05, 0.1) is 36.4 Å². The lowest BCUT2D eigenvalue weighted by Gasteiger charge is -2.26. The first-order valence-corrected chi connectivity index (χ1v) is 9.57. The maximum atomic E-state index is 9.87. The highest BCUT2D eigenvalue weighted by Crippen LogP contribution is 2.49. The summed E-state index contributed by atoms with van der Waals surface area (Å²) in [5.41, 5.74) is 8.94. The van der Waals surface area contributed by atoms with Gasteiger partial charge in [-0.1, -0.05) is 23.2 Å². The highest BCUT2D eigenvalue weighted by atomic mass is 35.5. The second kappa shape index (κ2) is 7.82. The van der Waals surface area contributed by atoms with Crippen LogP contribution in [0, 0.1) is 11.3 Å². The third-order valence-corrected chi connectivity index (χ3v) is 5.37. The zero-order valence-electron chi connectivity index (χ0n) is 16.0. The van der Waals surface area contributed by atoms with Crippen molar-refractivity contribution in [2.45, 2.75) is 5.92 Å². The van der Waals surface area contributed by atoms with Gasteiger partial charge in [-0.05, 0) is 36.4 Å². The molecule has 2 aromatic carbocycles. The first-order valence-electron chi connectivity index (χ1n) is 8.81. The molecule has 152 valence electrons. The Morgan fingerprint density at radius 1 is 1.17 bits per heavy atom. The molecular weight excluding hydrogens is 427 g/mol. The number of H-pyrrole nitrogens is 1. The van der Waals surface area contributed by atoms with Gasteiger partial charge in [-0.2, -0.15) is 5.26 Å². The van der Waals surface area contributed by atoms with E-state index in [1.165, 1.54) is 7.11 Å². The average molecular weight is 443 g/mol. The van der Waals surface area contributed by atoms with Crippen molar-refractivity contribution in [1.29, 1.82) is 5.26 Å². The van der Waals surface area contributed by atoms with Crippen LogP contribution < -0.4 is 19.9 Å². The molecule has 0 bridgehead atoms. The van der Waals surface area contributed by atoms with Crippen LogP contribution in [0.15, 0.2) is 47.9 Å². The molecule has 1 atom stereocenters. The lowest BCUT2D eigenvalue weighted by Crippen LogP contribution is -2.21. The summed E-state index contributed by atoms with van der Waals surface area (Å²) in [5.74, 6) is 0.675. The van der Waals surface area contributed by atoms with Crippen molar-refractivity contribution in [3.05, 3.63) is 69.0 Å². The maximum absolute atomic E-state index is 9.87. The number of rotatable bonds is 4. The van der Waals surface area contributed by atoms with Gasteiger partial charge in [0.15, 0.2) is 0 Å². The van der Waals surface area contributed by atoms with Crippen molar-refractivity contribution in [1.82, 2.24) is 10.2 Å². The lowest BCUT2D eigenvalue weighted by molar-refractivity contribution is 0.375. The number of methoxy groups -OCH3 is 2. The molecule has 0 fully saturated rings. The molecule has 7 nitrogen and oxygen atoms in total. The molecule has 2 heterocycles. The summed E-state index contributed by atoms with van der Waals surface area (Å²) in [6.45, 7) is 0. The molecule has 30 heavy (non-hydrogen) atoms. The van der Waals surface area contributed by atoms with E-state index in [-0.39, 0.29) is 17.3 Å². The smallest absolute Gasteiger partial charge is 0.244 e. The molecule has 1 aromatic heterocycles. The Kier molecular flexibility index (Phi) is 5.20. The van der Waals surface area contributed by atoms with Crippen molar-refractivity contribution < 1.29 is 14.2 Å². The molecule has 0 amide bonds. The Morgan fingerprint density at radius 3 is 2.53 bits per heavy atom. The Hall–Kier alpha value is -3.34. The predicted octanol–water partition coefficient (Wildman–Crippen LogP) is 4.62. The van der Waals surface area contributed by atoms with E-state index in [2.05, 4.69) is 16.3 Å². The van der Waals surface area contributed by atoms with E-state index in [1.54, 1.807) is 19.2 Å². The highest BCUT2D eigenvalue weighted by Gasteiger charge is 2.37. The Balaban J connectivity index is 1.98. The number of hydrogen-bond acceptors (Lipinski definition) is 6. The minimum Gasteiger partial charge on any atom is -0.497 e. The standard InChI is InChI=1S/C21H16Cl2N4O3/c1-28-12-5-3-10(4-6-12)18-17-16(13-7-11(22)8-15(23)19(13)29-2)14(9-24)20(25)30-21(17)27-26-18/h3-8,16H,25H2,1-2H3,(H,26,27). The maximum Gasteiger partial charge on any atom is 0.244 e. The van der Waals surface area contributed by atoms with Gasteiger partial charge in [-0.15, -0.1) is 5.10 Å². The second-order valence-electron chi connectivity index (χ2n) is 6.48. The fourth-order valence-electron chi connectivity index (χ4n) is 3.54. The Morgan fingerprint density at radius 2 is 1.90 bits per heavy atom. The molecule has 3 aromatic rings. The quantitative estimate of drug-likeness (QED) is 0.610. The summed E-state index contributed by atoms with van der Waals surface area (Å²) < 4.78 is 16.4. The van der Waals surface area contributed by atoms with Gasteiger partial charge < -0.3 is 19.9 Å². The van der Waals surface area contributed by atoms with Crippen LogP contribution in [0.3, 0.4) is 0 Å². The summed E-state index contributed by atoms with van der Waals surface area (Å²) in [6, 6.07) is 12.8. The van der Waals surface area contributed by atoms with Crippen molar-refractivity contribution in [2.75, 3.05) is 14.2 Å². The Labute approximate surface area is 182 Å². The van der Waals surface area contributed by atoms with Gasteiger partial charge in [0.25, 0.3) is 0 Å². The first-order chi connectivity index (χ1) is 14.5. The van der Waals surface area contributed by atoms with Gasteiger partial charge in [0, 0.05) is 16.1 Å². The van der Waals surface area contributed by atoms with E-state index in [0.717, 1.165) is 5.56 Å². The van der Waals surface area contributed by atoms with Gasteiger partial charge >= 0.3 is 0 Å². The molecule has 0 radical (unpaired) electrons. The number of aromatic amines is 1. The molecular formula is C21H16Cl2N4O3. The number of nitriles is 1. The summed E-state index contributed by atoms with van der Waals surface area (Å²) in [4.78, 5) is 0. The molecule has 4 rings (SSSR count). The number of nitrogens with two attached hydrogens (primary N) is 1.